The van der Waals surface area contributed by atoms with Gasteiger partial charge in [0.1, 0.15) is 5.75 Å². The van der Waals surface area contributed by atoms with Crippen molar-refractivity contribution in [2.24, 2.45) is 0 Å². The smallest absolute Gasteiger partial charge is 0.338 e. The van der Waals surface area contributed by atoms with Crippen molar-refractivity contribution in [3.63, 3.8) is 0 Å². The number of hydrogen-bond donors (Lipinski definition) is 0. The number of esters is 1. The predicted octanol–water partition coefficient (Wildman–Crippen LogP) is 7.05. The molecule has 0 spiro atoms. The Hall–Kier alpha value is -2.73. The first kappa shape index (κ1) is 23.5. The molecule has 0 saturated carbocycles. The van der Waals surface area contributed by atoms with Crippen molar-refractivity contribution in [3.8, 4) is 28.7 Å². The molecule has 0 amide bonds. The Labute approximate surface area is 181 Å². The molecule has 0 radical (unpaired) electrons. The van der Waals surface area contributed by atoms with Crippen molar-refractivity contribution in [1.82, 2.24) is 0 Å². The molecule has 160 valence electrons. The Morgan fingerprint density at radius 3 is 2.10 bits per heavy atom. The third kappa shape index (κ3) is 8.74. The fraction of sp³-hybridized carbons (Fsp3) is 0.444. The lowest BCUT2D eigenvalue weighted by Crippen LogP contribution is -2.06. The van der Waals surface area contributed by atoms with Crippen LogP contribution in [0.1, 0.15) is 75.6 Å². The zero-order valence-corrected chi connectivity index (χ0v) is 18.4. The van der Waals surface area contributed by atoms with Gasteiger partial charge in [-0.25, -0.2) is 4.79 Å². The van der Waals surface area contributed by atoms with Gasteiger partial charge >= 0.3 is 5.97 Å². The summed E-state index contributed by atoms with van der Waals surface area (Å²) in [6, 6.07) is 15.7. The molecule has 3 nitrogen and oxygen atoms in total. The van der Waals surface area contributed by atoms with Crippen molar-refractivity contribution < 1.29 is 14.3 Å². The SMILES string of the molecule is CC#CCCCCOC(=O)c1ccc(-c2ccc(OCCCCCCC)cc2)cc1. The lowest BCUT2D eigenvalue weighted by Gasteiger charge is -2.08. The molecular weight excluding hydrogens is 372 g/mol. The quantitative estimate of drug-likeness (QED) is 0.203. The highest BCUT2D eigenvalue weighted by Gasteiger charge is 2.07. The van der Waals surface area contributed by atoms with Crippen molar-refractivity contribution in [2.75, 3.05) is 13.2 Å². The minimum absolute atomic E-state index is 0.272. The summed E-state index contributed by atoms with van der Waals surface area (Å²) in [5.74, 6) is 6.51. The van der Waals surface area contributed by atoms with E-state index < -0.39 is 0 Å². The second-order valence-corrected chi connectivity index (χ2v) is 7.38. The second-order valence-electron chi connectivity index (χ2n) is 7.38. The van der Waals surface area contributed by atoms with Gasteiger partial charge in [-0.15, -0.1) is 11.8 Å². The molecule has 0 atom stereocenters. The zero-order chi connectivity index (χ0) is 21.4. The van der Waals surface area contributed by atoms with Crippen molar-refractivity contribution in [3.05, 3.63) is 54.1 Å². The second kappa shape index (κ2) is 14.3. The molecule has 0 heterocycles. The highest BCUT2D eigenvalue weighted by molar-refractivity contribution is 5.90. The van der Waals surface area contributed by atoms with Gasteiger partial charge in [0.2, 0.25) is 0 Å². The number of rotatable bonds is 13. The lowest BCUT2D eigenvalue weighted by atomic mass is 10.0. The lowest BCUT2D eigenvalue weighted by molar-refractivity contribution is 0.0499. The number of unbranched alkanes of at least 4 members (excludes halogenated alkanes) is 6. The number of hydrogen-bond acceptors (Lipinski definition) is 3. The molecule has 0 N–H and O–H groups in total. The van der Waals surface area contributed by atoms with Gasteiger partial charge in [-0.2, -0.15) is 0 Å². The third-order valence-corrected chi connectivity index (χ3v) is 4.93. The fourth-order valence-electron chi connectivity index (χ4n) is 3.13. The summed E-state index contributed by atoms with van der Waals surface area (Å²) in [7, 11) is 0. The van der Waals surface area contributed by atoms with E-state index in [1.807, 2.05) is 43.3 Å². The van der Waals surface area contributed by atoms with Crippen LogP contribution < -0.4 is 4.74 Å². The normalized spacial score (nSPS) is 10.2. The molecule has 0 saturated heterocycles. The average Bonchev–Trinajstić information content (AvgIpc) is 2.79. The molecule has 2 rings (SSSR count). The van der Waals surface area contributed by atoms with Crippen molar-refractivity contribution in [1.29, 1.82) is 0 Å². The largest absolute Gasteiger partial charge is 0.494 e. The third-order valence-electron chi connectivity index (χ3n) is 4.93. The van der Waals surface area contributed by atoms with E-state index in [4.69, 9.17) is 9.47 Å². The van der Waals surface area contributed by atoms with Crippen LogP contribution in [0, 0.1) is 11.8 Å². The van der Waals surface area contributed by atoms with Crippen LogP contribution >= 0.6 is 0 Å². The molecule has 0 aliphatic heterocycles. The molecule has 0 bridgehead atoms. The standard InChI is InChI=1S/C27H34O3/c1-3-5-7-9-11-21-29-26-19-17-24(18-20-26)23-13-15-25(16-14-23)27(28)30-22-12-10-8-6-4-2/h13-20H,3,5,7-12,21-22H2,1-2H3. The topological polar surface area (TPSA) is 35.5 Å². The van der Waals surface area contributed by atoms with Crippen LogP contribution in [0.4, 0.5) is 0 Å². The first-order valence-electron chi connectivity index (χ1n) is 11.1. The van der Waals surface area contributed by atoms with Crippen molar-refractivity contribution >= 4 is 5.97 Å². The molecule has 0 aliphatic carbocycles. The van der Waals surface area contributed by atoms with Gasteiger partial charge in [0.15, 0.2) is 0 Å². The Balaban J connectivity index is 1.76. The van der Waals surface area contributed by atoms with Crippen LogP contribution in [0.2, 0.25) is 0 Å². The molecule has 0 fully saturated rings. The molecule has 0 aliphatic rings. The van der Waals surface area contributed by atoms with E-state index in [1.165, 1.54) is 25.7 Å². The highest BCUT2D eigenvalue weighted by Crippen LogP contribution is 2.23. The maximum Gasteiger partial charge on any atom is 0.338 e. The molecule has 2 aromatic carbocycles. The van der Waals surface area contributed by atoms with Crippen LogP contribution in [-0.2, 0) is 4.74 Å². The monoisotopic (exact) mass is 406 g/mol. The minimum Gasteiger partial charge on any atom is -0.494 e. The first-order valence-corrected chi connectivity index (χ1v) is 11.1. The Morgan fingerprint density at radius 2 is 1.43 bits per heavy atom. The summed E-state index contributed by atoms with van der Waals surface area (Å²) in [5, 5.41) is 0. The first-order chi connectivity index (χ1) is 14.7. The van der Waals surface area contributed by atoms with Crippen LogP contribution in [0.25, 0.3) is 11.1 Å². The van der Waals surface area contributed by atoms with E-state index in [0.717, 1.165) is 49.2 Å². The minimum atomic E-state index is -0.272. The molecule has 2 aromatic rings. The van der Waals surface area contributed by atoms with E-state index in [2.05, 4.69) is 30.9 Å². The number of benzene rings is 2. The summed E-state index contributed by atoms with van der Waals surface area (Å²) >= 11 is 0. The maximum atomic E-state index is 12.1. The maximum absolute atomic E-state index is 12.1. The zero-order valence-electron chi connectivity index (χ0n) is 18.4. The Kier molecular flexibility index (Phi) is 11.2. The summed E-state index contributed by atoms with van der Waals surface area (Å²) in [6.45, 7) is 5.27. The molecule has 0 unspecified atom stereocenters. The van der Waals surface area contributed by atoms with Crippen LogP contribution in [0.5, 0.6) is 5.75 Å². The average molecular weight is 407 g/mol. The highest BCUT2D eigenvalue weighted by atomic mass is 16.5. The Bertz CT molecular complexity index is 795. The van der Waals surface area contributed by atoms with Crippen LogP contribution in [0.15, 0.2) is 48.5 Å². The van der Waals surface area contributed by atoms with Gasteiger partial charge in [-0.3, -0.25) is 0 Å². The summed E-state index contributed by atoms with van der Waals surface area (Å²) in [6.07, 6.45) is 8.83. The number of carbonyl (C=O) groups excluding carboxylic acids is 1. The summed E-state index contributed by atoms with van der Waals surface area (Å²) < 4.78 is 11.2. The molecule has 3 heteroatoms. The van der Waals surface area contributed by atoms with E-state index >= 15 is 0 Å². The van der Waals surface area contributed by atoms with Gasteiger partial charge in [0.05, 0.1) is 18.8 Å². The van der Waals surface area contributed by atoms with Gasteiger partial charge in [0.25, 0.3) is 0 Å². The Morgan fingerprint density at radius 1 is 0.800 bits per heavy atom. The van der Waals surface area contributed by atoms with E-state index in [9.17, 15) is 4.79 Å². The van der Waals surface area contributed by atoms with Gasteiger partial charge in [-0.05, 0) is 61.6 Å². The fourth-order valence-corrected chi connectivity index (χ4v) is 3.13. The number of carbonyl (C=O) groups is 1. The van der Waals surface area contributed by atoms with Crippen molar-refractivity contribution in [2.45, 2.75) is 65.2 Å². The van der Waals surface area contributed by atoms with Gasteiger partial charge in [0, 0.05) is 6.42 Å². The molecule has 30 heavy (non-hydrogen) atoms. The van der Waals surface area contributed by atoms with E-state index in [-0.39, 0.29) is 5.97 Å². The van der Waals surface area contributed by atoms with Gasteiger partial charge in [-0.1, -0.05) is 56.9 Å². The summed E-state index contributed by atoms with van der Waals surface area (Å²) in [5.41, 5.74) is 2.74. The number of ether oxygens (including phenoxy) is 2. The van der Waals surface area contributed by atoms with Gasteiger partial charge < -0.3 is 9.47 Å². The summed E-state index contributed by atoms with van der Waals surface area (Å²) in [4.78, 5) is 12.1. The van der Waals surface area contributed by atoms with Crippen LogP contribution in [-0.4, -0.2) is 19.2 Å². The van der Waals surface area contributed by atoms with E-state index in [1.54, 1.807) is 0 Å². The molecule has 0 aromatic heterocycles. The van der Waals surface area contributed by atoms with Crippen LogP contribution in [0.3, 0.4) is 0 Å². The predicted molar refractivity (Wildman–Crippen MR) is 124 cm³/mol. The molecular formula is C27H34O3. The van der Waals surface area contributed by atoms with E-state index in [0.29, 0.717) is 12.2 Å².